The number of hydrogen-bond acceptors (Lipinski definition) is 3. The lowest BCUT2D eigenvalue weighted by atomic mass is 10.2. The summed E-state index contributed by atoms with van der Waals surface area (Å²) >= 11 is 0. The molecular formula is C14H19N3O. The normalized spacial score (nSPS) is 10.6. The maximum absolute atomic E-state index is 5.61. The van der Waals surface area contributed by atoms with Gasteiger partial charge in [0.2, 0.25) is 0 Å². The molecule has 0 aliphatic rings. The fraction of sp³-hybridized carbons (Fsp3) is 0.429. The summed E-state index contributed by atoms with van der Waals surface area (Å²) in [5.74, 6) is 1.55. The van der Waals surface area contributed by atoms with Crippen LogP contribution < -0.4 is 4.74 Å². The zero-order valence-electron chi connectivity index (χ0n) is 11.2. The van der Waals surface area contributed by atoms with Crippen molar-refractivity contribution in [2.24, 2.45) is 0 Å². The molecule has 2 aromatic heterocycles. The Morgan fingerprint density at radius 2 is 2.06 bits per heavy atom. The monoisotopic (exact) mass is 245 g/mol. The Kier molecular flexibility index (Phi) is 3.97. The van der Waals surface area contributed by atoms with Gasteiger partial charge in [-0.3, -0.25) is 0 Å². The van der Waals surface area contributed by atoms with Gasteiger partial charge in [0.1, 0.15) is 0 Å². The molecule has 4 nitrogen and oxygen atoms in total. The first-order valence-electron chi connectivity index (χ1n) is 6.46. The number of aryl methyl sites for hydroxylation is 2. The van der Waals surface area contributed by atoms with Crippen LogP contribution in [0, 0.1) is 0 Å². The van der Waals surface area contributed by atoms with Crippen LogP contribution in [0.15, 0.2) is 24.4 Å². The number of aromatic nitrogens is 3. The molecule has 0 aliphatic heterocycles. The maximum atomic E-state index is 5.61. The second-order valence-electron chi connectivity index (χ2n) is 4.00. The zero-order chi connectivity index (χ0) is 13.0. The molecular weight excluding hydrogens is 226 g/mol. The first kappa shape index (κ1) is 12.6. The summed E-state index contributed by atoms with van der Waals surface area (Å²) in [6.07, 6.45) is 3.62. The Balaban J connectivity index is 2.50. The topological polar surface area (TPSA) is 39.9 Å². The van der Waals surface area contributed by atoms with E-state index in [1.165, 1.54) is 0 Å². The second-order valence-corrected chi connectivity index (χ2v) is 4.00. The van der Waals surface area contributed by atoms with E-state index >= 15 is 0 Å². The third kappa shape index (κ3) is 2.37. The van der Waals surface area contributed by atoms with Gasteiger partial charge in [-0.05, 0) is 38.0 Å². The van der Waals surface area contributed by atoms with Crippen molar-refractivity contribution in [1.29, 1.82) is 0 Å². The minimum absolute atomic E-state index is 0.627. The van der Waals surface area contributed by atoms with E-state index < -0.39 is 0 Å². The van der Waals surface area contributed by atoms with Crippen LogP contribution in [0.25, 0.3) is 5.82 Å². The van der Waals surface area contributed by atoms with E-state index in [1.807, 2.05) is 23.7 Å². The van der Waals surface area contributed by atoms with Crippen LogP contribution >= 0.6 is 0 Å². The summed E-state index contributed by atoms with van der Waals surface area (Å²) in [7, 11) is 0. The average molecular weight is 245 g/mol. The van der Waals surface area contributed by atoms with Crippen LogP contribution in [0.4, 0.5) is 0 Å². The molecule has 0 bridgehead atoms. The van der Waals surface area contributed by atoms with E-state index in [4.69, 9.17) is 4.74 Å². The molecule has 96 valence electrons. The molecule has 4 heteroatoms. The molecule has 0 atom stereocenters. The highest BCUT2D eigenvalue weighted by atomic mass is 16.5. The third-order valence-electron chi connectivity index (χ3n) is 2.81. The molecule has 0 unspecified atom stereocenters. The SMILES string of the molecule is CCOc1cccnc1-n1nc(CC)cc1CC. The van der Waals surface area contributed by atoms with E-state index in [9.17, 15) is 0 Å². The second kappa shape index (κ2) is 5.67. The molecule has 2 rings (SSSR count). The van der Waals surface area contributed by atoms with E-state index in [-0.39, 0.29) is 0 Å². The minimum atomic E-state index is 0.627. The number of pyridine rings is 1. The third-order valence-corrected chi connectivity index (χ3v) is 2.81. The van der Waals surface area contributed by atoms with Crippen LogP contribution in [-0.4, -0.2) is 21.4 Å². The van der Waals surface area contributed by atoms with Gasteiger partial charge in [-0.15, -0.1) is 0 Å². The van der Waals surface area contributed by atoms with Crippen molar-refractivity contribution in [3.8, 4) is 11.6 Å². The summed E-state index contributed by atoms with van der Waals surface area (Å²) in [5, 5.41) is 4.59. The molecule has 0 aromatic carbocycles. The fourth-order valence-corrected chi connectivity index (χ4v) is 1.89. The van der Waals surface area contributed by atoms with Crippen LogP contribution in [0.3, 0.4) is 0 Å². The molecule has 0 fully saturated rings. The van der Waals surface area contributed by atoms with Crippen molar-refractivity contribution in [1.82, 2.24) is 14.8 Å². The van der Waals surface area contributed by atoms with Crippen molar-refractivity contribution in [2.75, 3.05) is 6.61 Å². The van der Waals surface area contributed by atoms with Crippen molar-refractivity contribution in [2.45, 2.75) is 33.6 Å². The molecule has 0 aliphatic carbocycles. The predicted octanol–water partition coefficient (Wildman–Crippen LogP) is 2.79. The average Bonchev–Trinajstić information content (AvgIpc) is 2.83. The number of rotatable bonds is 5. The fourth-order valence-electron chi connectivity index (χ4n) is 1.89. The van der Waals surface area contributed by atoms with Crippen molar-refractivity contribution in [3.05, 3.63) is 35.8 Å². The van der Waals surface area contributed by atoms with E-state index in [0.717, 1.165) is 35.8 Å². The smallest absolute Gasteiger partial charge is 0.196 e. The Morgan fingerprint density at radius 1 is 1.22 bits per heavy atom. The lowest BCUT2D eigenvalue weighted by Gasteiger charge is -2.10. The van der Waals surface area contributed by atoms with Crippen LogP contribution in [0.5, 0.6) is 5.75 Å². The van der Waals surface area contributed by atoms with Crippen molar-refractivity contribution in [3.63, 3.8) is 0 Å². The van der Waals surface area contributed by atoms with E-state index in [0.29, 0.717) is 6.61 Å². The number of hydrogen-bond donors (Lipinski definition) is 0. The predicted molar refractivity (Wildman–Crippen MR) is 71.3 cm³/mol. The highest BCUT2D eigenvalue weighted by Gasteiger charge is 2.12. The quantitative estimate of drug-likeness (QED) is 0.813. The van der Waals surface area contributed by atoms with Crippen LogP contribution in [-0.2, 0) is 12.8 Å². The molecule has 18 heavy (non-hydrogen) atoms. The van der Waals surface area contributed by atoms with E-state index in [2.05, 4.69) is 30.0 Å². The molecule has 0 amide bonds. The van der Waals surface area contributed by atoms with Crippen LogP contribution in [0.2, 0.25) is 0 Å². The molecule has 0 saturated carbocycles. The van der Waals surface area contributed by atoms with Gasteiger partial charge in [-0.2, -0.15) is 5.10 Å². The van der Waals surface area contributed by atoms with Gasteiger partial charge in [0.15, 0.2) is 11.6 Å². The van der Waals surface area contributed by atoms with Gasteiger partial charge in [-0.1, -0.05) is 13.8 Å². The molecule has 0 radical (unpaired) electrons. The Labute approximate surface area is 108 Å². The molecule has 2 aromatic rings. The molecule has 0 spiro atoms. The van der Waals surface area contributed by atoms with E-state index in [1.54, 1.807) is 6.20 Å². The highest BCUT2D eigenvalue weighted by molar-refractivity contribution is 5.41. The Bertz CT molecular complexity index is 520. The maximum Gasteiger partial charge on any atom is 0.196 e. The minimum Gasteiger partial charge on any atom is -0.490 e. The summed E-state index contributed by atoms with van der Waals surface area (Å²) in [6.45, 7) is 6.82. The Morgan fingerprint density at radius 3 is 2.72 bits per heavy atom. The Hall–Kier alpha value is -1.84. The van der Waals surface area contributed by atoms with Crippen molar-refractivity contribution < 1.29 is 4.74 Å². The largest absolute Gasteiger partial charge is 0.490 e. The first-order valence-corrected chi connectivity index (χ1v) is 6.46. The van der Waals surface area contributed by atoms with Gasteiger partial charge in [-0.25, -0.2) is 9.67 Å². The molecule has 2 heterocycles. The zero-order valence-corrected chi connectivity index (χ0v) is 11.2. The van der Waals surface area contributed by atoms with Gasteiger partial charge < -0.3 is 4.74 Å². The molecule has 0 saturated heterocycles. The van der Waals surface area contributed by atoms with Gasteiger partial charge in [0, 0.05) is 11.9 Å². The first-order chi connectivity index (χ1) is 8.80. The number of ether oxygens (including phenoxy) is 1. The summed E-state index contributed by atoms with van der Waals surface area (Å²) < 4.78 is 7.50. The standard InChI is InChI=1S/C14H19N3O/c1-4-11-10-12(5-2)17(16-11)14-13(18-6-3)8-7-9-15-14/h7-10H,4-6H2,1-3H3. The van der Waals surface area contributed by atoms with Gasteiger partial charge in [0.25, 0.3) is 0 Å². The van der Waals surface area contributed by atoms with Gasteiger partial charge >= 0.3 is 0 Å². The van der Waals surface area contributed by atoms with Crippen molar-refractivity contribution >= 4 is 0 Å². The van der Waals surface area contributed by atoms with Crippen LogP contribution in [0.1, 0.15) is 32.2 Å². The van der Waals surface area contributed by atoms with Gasteiger partial charge in [0.05, 0.1) is 12.3 Å². The summed E-state index contributed by atoms with van der Waals surface area (Å²) in [4.78, 5) is 4.40. The summed E-state index contributed by atoms with van der Waals surface area (Å²) in [6, 6.07) is 5.94. The lowest BCUT2D eigenvalue weighted by Crippen LogP contribution is -2.07. The highest BCUT2D eigenvalue weighted by Crippen LogP contribution is 2.22. The number of nitrogens with zero attached hydrogens (tertiary/aromatic N) is 3. The lowest BCUT2D eigenvalue weighted by molar-refractivity contribution is 0.336. The summed E-state index contributed by atoms with van der Waals surface area (Å²) in [5.41, 5.74) is 2.24. The molecule has 0 N–H and O–H groups in total.